The van der Waals surface area contributed by atoms with E-state index in [1.165, 1.54) is 38.5 Å². The summed E-state index contributed by atoms with van der Waals surface area (Å²) >= 11 is 0. The predicted octanol–water partition coefficient (Wildman–Crippen LogP) is 7.16. The summed E-state index contributed by atoms with van der Waals surface area (Å²) in [7, 11) is 0. The largest absolute Gasteiger partial charge is 0.393 e. The first-order valence-corrected chi connectivity index (χ1v) is 12.1. The molecule has 0 heterocycles. The van der Waals surface area contributed by atoms with E-state index >= 15 is 0 Å². The SMILES string of the molecule is CC(/C=C/C(C)(C)C)[C@H]1CC[C@H]2[C@@H]3CC=C4C[C@@H](O)CC[C@]4(C)[C@H]3CC[C@]12C. The smallest absolute Gasteiger partial charge is 0.0577 e. The molecule has 4 aliphatic rings. The molecular formula is C27H44O. The summed E-state index contributed by atoms with van der Waals surface area (Å²) in [5.74, 6) is 4.19. The van der Waals surface area contributed by atoms with Gasteiger partial charge in [-0.15, -0.1) is 0 Å². The van der Waals surface area contributed by atoms with E-state index in [0.29, 0.717) is 16.7 Å². The van der Waals surface area contributed by atoms with E-state index in [1.54, 1.807) is 5.57 Å². The van der Waals surface area contributed by atoms with E-state index in [4.69, 9.17) is 0 Å². The number of aliphatic hydroxyl groups is 1. The maximum Gasteiger partial charge on any atom is 0.0577 e. The van der Waals surface area contributed by atoms with E-state index in [1.807, 2.05) is 0 Å². The molecule has 0 amide bonds. The van der Waals surface area contributed by atoms with Crippen molar-refractivity contribution >= 4 is 0 Å². The Morgan fingerprint density at radius 2 is 1.82 bits per heavy atom. The highest BCUT2D eigenvalue weighted by Gasteiger charge is 2.58. The fourth-order valence-corrected chi connectivity index (χ4v) is 8.12. The van der Waals surface area contributed by atoms with Gasteiger partial charge < -0.3 is 5.11 Å². The molecular weight excluding hydrogens is 340 g/mol. The summed E-state index contributed by atoms with van der Waals surface area (Å²) in [6.45, 7) is 14.6. The first-order chi connectivity index (χ1) is 13.0. The molecule has 1 nitrogen and oxygen atoms in total. The molecule has 1 unspecified atom stereocenters. The van der Waals surface area contributed by atoms with Gasteiger partial charge in [0.05, 0.1) is 6.10 Å². The van der Waals surface area contributed by atoms with Crippen LogP contribution in [0.15, 0.2) is 23.8 Å². The normalized spacial score (nSPS) is 47.2. The van der Waals surface area contributed by atoms with E-state index in [0.717, 1.165) is 36.5 Å². The molecule has 3 saturated carbocycles. The maximum absolute atomic E-state index is 10.2. The first-order valence-electron chi connectivity index (χ1n) is 12.1. The van der Waals surface area contributed by atoms with Crippen LogP contribution in [0.4, 0.5) is 0 Å². The van der Waals surface area contributed by atoms with Gasteiger partial charge in [0.1, 0.15) is 0 Å². The molecule has 1 N–H and O–H groups in total. The minimum atomic E-state index is -0.0870. The lowest BCUT2D eigenvalue weighted by atomic mass is 9.47. The lowest BCUT2D eigenvalue weighted by Crippen LogP contribution is -2.50. The van der Waals surface area contributed by atoms with Crippen LogP contribution in [0, 0.1) is 45.8 Å². The van der Waals surface area contributed by atoms with Gasteiger partial charge in [-0.2, -0.15) is 0 Å². The number of hydrogen-bond donors (Lipinski definition) is 1. The van der Waals surface area contributed by atoms with Gasteiger partial charge in [-0.05, 0) is 97.2 Å². The average Bonchev–Trinajstić information content (AvgIpc) is 2.97. The van der Waals surface area contributed by atoms with Gasteiger partial charge in [0.25, 0.3) is 0 Å². The van der Waals surface area contributed by atoms with Gasteiger partial charge in [0.15, 0.2) is 0 Å². The van der Waals surface area contributed by atoms with Crippen molar-refractivity contribution in [1.82, 2.24) is 0 Å². The standard InChI is InChI=1S/C27H44O/c1-18(11-14-25(2,3)4)22-9-10-23-21-8-7-19-17-20(28)12-15-26(19,5)24(21)13-16-27(22,23)6/h7,11,14,18,20-24,28H,8-10,12-13,15-17H2,1-6H3/b14-11+/t18?,20-,21-,22+,23-,24-,26-,27+/m0/s1. The number of aliphatic hydroxyl groups excluding tert-OH is 1. The van der Waals surface area contributed by atoms with Gasteiger partial charge in [-0.3, -0.25) is 0 Å². The molecule has 0 aliphatic heterocycles. The second-order valence-electron chi connectivity index (χ2n) is 12.5. The van der Waals surface area contributed by atoms with E-state index in [2.05, 4.69) is 59.8 Å². The van der Waals surface area contributed by atoms with Crippen LogP contribution in [0.25, 0.3) is 0 Å². The van der Waals surface area contributed by atoms with Crippen molar-refractivity contribution in [2.24, 2.45) is 45.8 Å². The Balaban J connectivity index is 1.56. The minimum Gasteiger partial charge on any atom is -0.393 e. The highest BCUT2D eigenvalue weighted by molar-refractivity contribution is 5.25. The van der Waals surface area contributed by atoms with Crippen molar-refractivity contribution in [3.05, 3.63) is 23.8 Å². The number of fused-ring (bicyclic) bond motifs is 5. The fraction of sp³-hybridized carbons (Fsp3) is 0.852. The number of allylic oxidation sites excluding steroid dienone is 3. The van der Waals surface area contributed by atoms with Crippen molar-refractivity contribution in [2.75, 3.05) is 0 Å². The average molecular weight is 385 g/mol. The third kappa shape index (κ3) is 3.34. The predicted molar refractivity (Wildman–Crippen MR) is 119 cm³/mol. The number of rotatable bonds is 2. The van der Waals surface area contributed by atoms with Crippen LogP contribution in [-0.4, -0.2) is 11.2 Å². The van der Waals surface area contributed by atoms with Gasteiger partial charge in [0.2, 0.25) is 0 Å². The zero-order chi connectivity index (χ0) is 20.3. The van der Waals surface area contributed by atoms with Crippen LogP contribution in [0.1, 0.15) is 92.9 Å². The van der Waals surface area contributed by atoms with Gasteiger partial charge in [-0.1, -0.05) is 65.3 Å². The quantitative estimate of drug-likeness (QED) is 0.500. The summed E-state index contributed by atoms with van der Waals surface area (Å²) < 4.78 is 0. The monoisotopic (exact) mass is 384 g/mol. The zero-order valence-corrected chi connectivity index (χ0v) is 19.3. The molecule has 4 rings (SSSR count). The molecule has 28 heavy (non-hydrogen) atoms. The molecule has 0 radical (unpaired) electrons. The van der Waals surface area contributed by atoms with Crippen molar-refractivity contribution in [2.45, 2.75) is 99.0 Å². The molecule has 0 aromatic heterocycles. The maximum atomic E-state index is 10.2. The Morgan fingerprint density at radius 1 is 1.07 bits per heavy atom. The summed E-state index contributed by atoms with van der Waals surface area (Å²) in [5, 5.41) is 10.2. The van der Waals surface area contributed by atoms with E-state index in [9.17, 15) is 5.11 Å². The third-order valence-corrected chi connectivity index (χ3v) is 9.69. The third-order valence-electron chi connectivity index (χ3n) is 9.69. The van der Waals surface area contributed by atoms with Crippen LogP contribution >= 0.6 is 0 Å². The molecule has 158 valence electrons. The fourth-order valence-electron chi connectivity index (χ4n) is 8.12. The lowest BCUT2D eigenvalue weighted by molar-refractivity contribution is -0.0540. The molecule has 1 heteroatoms. The molecule has 0 spiro atoms. The van der Waals surface area contributed by atoms with Crippen LogP contribution in [0.2, 0.25) is 0 Å². The second-order valence-corrected chi connectivity index (χ2v) is 12.5. The highest BCUT2D eigenvalue weighted by Crippen LogP contribution is 2.67. The molecule has 4 aliphatic carbocycles. The van der Waals surface area contributed by atoms with Crippen molar-refractivity contribution in [1.29, 1.82) is 0 Å². The van der Waals surface area contributed by atoms with E-state index in [-0.39, 0.29) is 11.5 Å². The Labute approximate surface area is 174 Å². The Morgan fingerprint density at radius 3 is 2.54 bits per heavy atom. The molecule has 3 fully saturated rings. The Kier molecular flexibility index (Phi) is 5.18. The summed E-state index contributed by atoms with van der Waals surface area (Å²) in [5.41, 5.74) is 2.79. The van der Waals surface area contributed by atoms with Crippen LogP contribution in [0.3, 0.4) is 0 Å². The van der Waals surface area contributed by atoms with Crippen molar-refractivity contribution in [3.8, 4) is 0 Å². The van der Waals surface area contributed by atoms with Crippen LogP contribution in [0.5, 0.6) is 0 Å². The van der Waals surface area contributed by atoms with Gasteiger partial charge in [0, 0.05) is 0 Å². The minimum absolute atomic E-state index is 0.0870. The molecule has 0 aromatic rings. The van der Waals surface area contributed by atoms with Gasteiger partial charge in [-0.25, -0.2) is 0 Å². The molecule has 8 atom stereocenters. The van der Waals surface area contributed by atoms with Crippen molar-refractivity contribution in [3.63, 3.8) is 0 Å². The van der Waals surface area contributed by atoms with Crippen LogP contribution < -0.4 is 0 Å². The zero-order valence-electron chi connectivity index (χ0n) is 19.3. The lowest BCUT2D eigenvalue weighted by Gasteiger charge is -2.58. The highest BCUT2D eigenvalue weighted by atomic mass is 16.3. The summed E-state index contributed by atoms with van der Waals surface area (Å²) in [6, 6.07) is 0. The number of hydrogen-bond acceptors (Lipinski definition) is 1. The summed E-state index contributed by atoms with van der Waals surface area (Å²) in [6.07, 6.45) is 17.6. The van der Waals surface area contributed by atoms with E-state index < -0.39 is 0 Å². The summed E-state index contributed by atoms with van der Waals surface area (Å²) in [4.78, 5) is 0. The van der Waals surface area contributed by atoms with Crippen molar-refractivity contribution < 1.29 is 5.11 Å². The first kappa shape index (κ1) is 20.7. The van der Waals surface area contributed by atoms with Gasteiger partial charge >= 0.3 is 0 Å². The van der Waals surface area contributed by atoms with Crippen LogP contribution in [-0.2, 0) is 0 Å². The molecule has 0 saturated heterocycles. The Hall–Kier alpha value is -0.560. The molecule has 0 aromatic carbocycles. The molecule has 0 bridgehead atoms. The Bertz CT molecular complexity index is 652. The second kappa shape index (κ2) is 7.00. The topological polar surface area (TPSA) is 20.2 Å².